The molecule has 100 valence electrons. The molecule has 1 aliphatic rings. The van der Waals surface area contributed by atoms with Gasteiger partial charge in [-0.15, -0.1) is 0 Å². The highest BCUT2D eigenvalue weighted by Crippen LogP contribution is 2.30. The van der Waals surface area contributed by atoms with Gasteiger partial charge in [-0.1, -0.05) is 37.3 Å². The molecule has 0 radical (unpaired) electrons. The molecule has 0 bridgehead atoms. The maximum atomic E-state index is 10.5. The molecule has 1 aromatic rings. The minimum atomic E-state index is -0.651. The van der Waals surface area contributed by atoms with Crippen LogP contribution in [-0.2, 0) is 6.54 Å². The van der Waals surface area contributed by atoms with Crippen molar-refractivity contribution in [2.45, 2.75) is 31.9 Å². The molecule has 3 nitrogen and oxygen atoms in total. The summed E-state index contributed by atoms with van der Waals surface area (Å²) in [5.41, 5.74) is 6.42. The molecule has 1 heterocycles. The molecule has 1 saturated heterocycles. The lowest BCUT2D eigenvalue weighted by molar-refractivity contribution is -0.0678. The third kappa shape index (κ3) is 2.91. The average molecular weight is 248 g/mol. The van der Waals surface area contributed by atoms with Crippen molar-refractivity contribution in [3.05, 3.63) is 35.9 Å². The van der Waals surface area contributed by atoms with Crippen LogP contribution in [0.4, 0.5) is 0 Å². The lowest BCUT2D eigenvalue weighted by Gasteiger charge is -2.44. The predicted molar refractivity (Wildman–Crippen MR) is 74.1 cm³/mol. The number of piperidine rings is 1. The van der Waals surface area contributed by atoms with Crippen LogP contribution in [-0.4, -0.2) is 35.2 Å². The second-order valence-electron chi connectivity index (χ2n) is 5.38. The first-order valence-corrected chi connectivity index (χ1v) is 6.86. The second-order valence-corrected chi connectivity index (χ2v) is 5.38. The largest absolute Gasteiger partial charge is 0.388 e. The SMILES string of the molecule is CC[C@H]1CN(Cc2ccccc2)CC[C@@]1(O)CN. The topological polar surface area (TPSA) is 49.5 Å². The molecule has 0 aliphatic carbocycles. The molecule has 3 N–H and O–H groups in total. The van der Waals surface area contributed by atoms with Gasteiger partial charge in [0.05, 0.1) is 5.60 Å². The summed E-state index contributed by atoms with van der Waals surface area (Å²) in [5.74, 6) is 0.292. The summed E-state index contributed by atoms with van der Waals surface area (Å²) < 4.78 is 0. The highest BCUT2D eigenvalue weighted by molar-refractivity contribution is 5.14. The van der Waals surface area contributed by atoms with Gasteiger partial charge in [0.25, 0.3) is 0 Å². The fourth-order valence-corrected chi connectivity index (χ4v) is 2.89. The molecule has 0 spiro atoms. The lowest BCUT2D eigenvalue weighted by Crippen LogP contribution is -2.55. The van der Waals surface area contributed by atoms with Crippen LogP contribution < -0.4 is 5.73 Å². The standard InChI is InChI=1S/C15H24N2O/c1-2-14-11-17(9-8-15(14,18)12-16)10-13-6-4-3-5-7-13/h3-7,14,18H,2,8-12,16H2,1H3/t14-,15+/m0/s1. The van der Waals surface area contributed by atoms with E-state index in [1.807, 2.05) is 6.07 Å². The molecular formula is C15H24N2O. The summed E-state index contributed by atoms with van der Waals surface area (Å²) in [6.45, 7) is 5.36. The normalized spacial score (nSPS) is 29.4. The van der Waals surface area contributed by atoms with Crippen molar-refractivity contribution in [2.24, 2.45) is 11.7 Å². The van der Waals surface area contributed by atoms with Crippen LogP contribution in [0.15, 0.2) is 30.3 Å². The number of nitrogens with zero attached hydrogens (tertiary/aromatic N) is 1. The Balaban J connectivity index is 1.98. The first-order chi connectivity index (χ1) is 8.68. The minimum Gasteiger partial charge on any atom is -0.388 e. The summed E-state index contributed by atoms with van der Waals surface area (Å²) in [6, 6.07) is 10.5. The van der Waals surface area contributed by atoms with Crippen LogP contribution in [0.5, 0.6) is 0 Å². The number of benzene rings is 1. The summed E-state index contributed by atoms with van der Waals surface area (Å²) >= 11 is 0. The monoisotopic (exact) mass is 248 g/mol. The van der Waals surface area contributed by atoms with Gasteiger partial charge in [-0.2, -0.15) is 0 Å². The molecule has 1 fully saturated rings. The van der Waals surface area contributed by atoms with Gasteiger partial charge in [0.1, 0.15) is 0 Å². The molecule has 2 atom stereocenters. The summed E-state index contributed by atoms with van der Waals surface area (Å²) in [5, 5.41) is 10.5. The van der Waals surface area contributed by atoms with E-state index in [2.05, 4.69) is 36.1 Å². The van der Waals surface area contributed by atoms with Crippen LogP contribution in [0.3, 0.4) is 0 Å². The Morgan fingerprint density at radius 3 is 2.72 bits per heavy atom. The molecule has 2 rings (SSSR count). The number of rotatable bonds is 4. The number of hydrogen-bond acceptors (Lipinski definition) is 3. The van der Waals surface area contributed by atoms with Gasteiger partial charge in [0.15, 0.2) is 0 Å². The Morgan fingerprint density at radius 1 is 1.39 bits per heavy atom. The van der Waals surface area contributed by atoms with E-state index in [4.69, 9.17) is 5.73 Å². The molecule has 0 unspecified atom stereocenters. The fraction of sp³-hybridized carbons (Fsp3) is 0.600. The maximum absolute atomic E-state index is 10.5. The van der Waals surface area contributed by atoms with Gasteiger partial charge >= 0.3 is 0 Å². The fourth-order valence-electron chi connectivity index (χ4n) is 2.89. The average Bonchev–Trinajstić information content (AvgIpc) is 2.42. The number of aliphatic hydroxyl groups is 1. The van der Waals surface area contributed by atoms with Crippen molar-refractivity contribution in [1.29, 1.82) is 0 Å². The Bertz CT molecular complexity index is 368. The van der Waals surface area contributed by atoms with Crippen molar-refractivity contribution >= 4 is 0 Å². The van der Waals surface area contributed by atoms with E-state index in [-0.39, 0.29) is 0 Å². The van der Waals surface area contributed by atoms with E-state index in [1.54, 1.807) is 0 Å². The Labute approximate surface area is 110 Å². The van der Waals surface area contributed by atoms with E-state index in [0.29, 0.717) is 12.5 Å². The molecular weight excluding hydrogens is 224 g/mol. The smallest absolute Gasteiger partial charge is 0.0821 e. The second kappa shape index (κ2) is 5.83. The Morgan fingerprint density at radius 2 is 2.11 bits per heavy atom. The Kier molecular flexibility index (Phi) is 4.38. The number of nitrogens with two attached hydrogens (primary N) is 1. The zero-order valence-corrected chi connectivity index (χ0v) is 11.2. The van der Waals surface area contributed by atoms with Gasteiger partial charge < -0.3 is 10.8 Å². The molecule has 1 aromatic carbocycles. The predicted octanol–water partition coefficient (Wildman–Crippen LogP) is 1.61. The van der Waals surface area contributed by atoms with Crippen molar-refractivity contribution in [1.82, 2.24) is 4.90 Å². The highest BCUT2D eigenvalue weighted by atomic mass is 16.3. The molecule has 3 heteroatoms. The van der Waals surface area contributed by atoms with Crippen molar-refractivity contribution in [2.75, 3.05) is 19.6 Å². The van der Waals surface area contributed by atoms with Crippen LogP contribution in [0.25, 0.3) is 0 Å². The van der Waals surface area contributed by atoms with Crippen LogP contribution in [0.1, 0.15) is 25.3 Å². The molecule has 1 aliphatic heterocycles. The minimum absolute atomic E-state index is 0.292. The van der Waals surface area contributed by atoms with Crippen molar-refractivity contribution < 1.29 is 5.11 Å². The van der Waals surface area contributed by atoms with Gasteiger partial charge in [-0.05, 0) is 18.4 Å². The Hall–Kier alpha value is -0.900. The first kappa shape index (κ1) is 13.5. The van der Waals surface area contributed by atoms with E-state index in [9.17, 15) is 5.11 Å². The molecule has 18 heavy (non-hydrogen) atoms. The van der Waals surface area contributed by atoms with Crippen LogP contribution >= 0.6 is 0 Å². The van der Waals surface area contributed by atoms with Crippen molar-refractivity contribution in [3.63, 3.8) is 0 Å². The third-order valence-corrected chi connectivity index (χ3v) is 4.19. The molecule has 0 amide bonds. The zero-order valence-electron chi connectivity index (χ0n) is 11.2. The van der Waals surface area contributed by atoms with E-state index < -0.39 is 5.60 Å². The first-order valence-electron chi connectivity index (χ1n) is 6.86. The van der Waals surface area contributed by atoms with E-state index in [0.717, 1.165) is 32.5 Å². The highest BCUT2D eigenvalue weighted by Gasteiger charge is 2.39. The van der Waals surface area contributed by atoms with Gasteiger partial charge in [0.2, 0.25) is 0 Å². The number of hydrogen-bond donors (Lipinski definition) is 2. The quantitative estimate of drug-likeness (QED) is 0.851. The number of likely N-dealkylation sites (tertiary alicyclic amines) is 1. The van der Waals surface area contributed by atoms with Gasteiger partial charge in [-0.3, -0.25) is 4.90 Å². The third-order valence-electron chi connectivity index (χ3n) is 4.19. The van der Waals surface area contributed by atoms with Gasteiger partial charge in [0, 0.05) is 32.1 Å². The maximum Gasteiger partial charge on any atom is 0.0821 e. The van der Waals surface area contributed by atoms with Gasteiger partial charge in [-0.25, -0.2) is 0 Å². The van der Waals surface area contributed by atoms with Crippen molar-refractivity contribution in [3.8, 4) is 0 Å². The summed E-state index contributed by atoms with van der Waals surface area (Å²) in [6.07, 6.45) is 1.77. The molecule has 0 saturated carbocycles. The molecule has 0 aromatic heterocycles. The lowest BCUT2D eigenvalue weighted by atomic mass is 9.79. The van der Waals surface area contributed by atoms with E-state index in [1.165, 1.54) is 5.56 Å². The van der Waals surface area contributed by atoms with E-state index >= 15 is 0 Å². The van der Waals surface area contributed by atoms with Crippen LogP contribution in [0, 0.1) is 5.92 Å². The van der Waals surface area contributed by atoms with Crippen LogP contribution in [0.2, 0.25) is 0 Å². The zero-order chi connectivity index (χ0) is 13.0. The summed E-state index contributed by atoms with van der Waals surface area (Å²) in [4.78, 5) is 2.42. The summed E-state index contributed by atoms with van der Waals surface area (Å²) in [7, 11) is 0.